The number of rotatable bonds is 0. The van der Waals surface area contributed by atoms with Crippen LogP contribution in [0.3, 0.4) is 0 Å². The largest absolute Gasteiger partial charge is 0.394 e. The van der Waals surface area contributed by atoms with E-state index >= 15 is 0 Å². The van der Waals surface area contributed by atoms with Crippen molar-refractivity contribution in [2.75, 3.05) is 0 Å². The first-order valence-electron chi connectivity index (χ1n) is 4.26. The van der Waals surface area contributed by atoms with E-state index in [1.807, 2.05) is 0 Å². The molecular formula is C8H13F3O. The fourth-order valence-corrected chi connectivity index (χ4v) is 1.67. The Bertz CT molecular complexity index is 144. The summed E-state index contributed by atoms with van der Waals surface area (Å²) in [5.41, 5.74) is 0. The van der Waals surface area contributed by atoms with E-state index in [-0.39, 0.29) is 6.42 Å². The first-order valence-corrected chi connectivity index (χ1v) is 4.26. The molecule has 0 unspecified atom stereocenters. The molecule has 0 amide bonds. The van der Waals surface area contributed by atoms with Crippen molar-refractivity contribution < 1.29 is 18.3 Å². The average molecular weight is 182 g/mol. The van der Waals surface area contributed by atoms with Gasteiger partial charge in [0.05, 0.1) is 12.0 Å². The molecule has 1 aliphatic carbocycles. The Morgan fingerprint density at radius 3 is 2.17 bits per heavy atom. The lowest BCUT2D eigenvalue weighted by atomic mass is 9.97. The summed E-state index contributed by atoms with van der Waals surface area (Å²) in [5.74, 6) is -1.49. The summed E-state index contributed by atoms with van der Waals surface area (Å²) in [7, 11) is 0. The maximum Gasteiger partial charge on any atom is 0.394 e. The third kappa shape index (κ3) is 2.37. The van der Waals surface area contributed by atoms with E-state index in [4.69, 9.17) is 5.11 Å². The van der Waals surface area contributed by atoms with Gasteiger partial charge in [0, 0.05) is 0 Å². The van der Waals surface area contributed by atoms with Gasteiger partial charge >= 0.3 is 6.18 Å². The zero-order valence-corrected chi connectivity index (χ0v) is 6.77. The molecule has 0 aromatic heterocycles. The van der Waals surface area contributed by atoms with Crippen molar-refractivity contribution in [1.29, 1.82) is 0 Å². The molecule has 4 heteroatoms. The molecule has 0 aliphatic heterocycles. The Kier molecular flexibility index (Phi) is 2.99. The topological polar surface area (TPSA) is 20.2 Å². The summed E-state index contributed by atoms with van der Waals surface area (Å²) >= 11 is 0. The van der Waals surface area contributed by atoms with Crippen molar-refractivity contribution in [1.82, 2.24) is 0 Å². The zero-order chi connectivity index (χ0) is 9.19. The van der Waals surface area contributed by atoms with Crippen molar-refractivity contribution in [3.05, 3.63) is 0 Å². The fraction of sp³-hybridized carbons (Fsp3) is 1.00. The molecule has 1 aliphatic rings. The van der Waals surface area contributed by atoms with Crippen molar-refractivity contribution in [2.45, 2.75) is 44.4 Å². The van der Waals surface area contributed by atoms with Crippen LogP contribution in [0.25, 0.3) is 0 Å². The van der Waals surface area contributed by atoms with E-state index in [1.54, 1.807) is 0 Å². The third-order valence-corrected chi connectivity index (χ3v) is 2.40. The molecule has 1 N–H and O–H groups in total. The predicted molar refractivity (Wildman–Crippen MR) is 38.6 cm³/mol. The van der Waals surface area contributed by atoms with E-state index < -0.39 is 18.2 Å². The highest BCUT2D eigenvalue weighted by Gasteiger charge is 2.43. The summed E-state index contributed by atoms with van der Waals surface area (Å²) in [6.07, 6.45) is -2.90. The highest BCUT2D eigenvalue weighted by atomic mass is 19.4. The van der Waals surface area contributed by atoms with Crippen LogP contribution in [0, 0.1) is 5.92 Å². The second-order valence-corrected chi connectivity index (χ2v) is 3.35. The third-order valence-electron chi connectivity index (χ3n) is 2.40. The number of hydrogen-bond donors (Lipinski definition) is 1. The standard InChI is InChI=1S/C8H13F3O/c9-8(10,11)6-4-2-1-3-5-7(6)12/h6-7,12H,1-5H2/t6-,7-/m1/s1. The van der Waals surface area contributed by atoms with Gasteiger partial charge in [-0.25, -0.2) is 0 Å². The summed E-state index contributed by atoms with van der Waals surface area (Å²) in [6, 6.07) is 0. The molecule has 0 saturated heterocycles. The van der Waals surface area contributed by atoms with Crippen LogP contribution in [0.4, 0.5) is 13.2 Å². The van der Waals surface area contributed by atoms with Gasteiger partial charge in [-0.15, -0.1) is 0 Å². The Hall–Kier alpha value is -0.250. The van der Waals surface area contributed by atoms with Crippen molar-refractivity contribution >= 4 is 0 Å². The molecule has 1 saturated carbocycles. The minimum absolute atomic E-state index is 0.0880. The summed E-state index contributed by atoms with van der Waals surface area (Å²) in [5, 5.41) is 9.16. The number of aliphatic hydroxyl groups excluding tert-OH is 1. The molecule has 12 heavy (non-hydrogen) atoms. The summed E-state index contributed by atoms with van der Waals surface area (Å²) < 4.78 is 36.6. The fourth-order valence-electron chi connectivity index (χ4n) is 1.67. The van der Waals surface area contributed by atoms with E-state index in [0.717, 1.165) is 6.42 Å². The second-order valence-electron chi connectivity index (χ2n) is 3.35. The molecule has 0 spiro atoms. The molecular weight excluding hydrogens is 169 g/mol. The smallest absolute Gasteiger partial charge is 0.392 e. The SMILES string of the molecule is O[C@@H]1CCCCC[C@H]1C(F)(F)F. The predicted octanol–water partition coefficient (Wildman–Crippen LogP) is 2.49. The van der Waals surface area contributed by atoms with Gasteiger partial charge < -0.3 is 5.11 Å². The first-order chi connectivity index (χ1) is 5.52. The number of aliphatic hydroxyl groups is 1. The van der Waals surface area contributed by atoms with Crippen LogP contribution >= 0.6 is 0 Å². The highest BCUT2D eigenvalue weighted by molar-refractivity contribution is 4.78. The van der Waals surface area contributed by atoms with Crippen LogP contribution in [-0.4, -0.2) is 17.4 Å². The molecule has 0 aromatic rings. The molecule has 2 atom stereocenters. The molecule has 0 aromatic carbocycles. The van der Waals surface area contributed by atoms with Crippen LogP contribution < -0.4 is 0 Å². The maximum atomic E-state index is 12.2. The van der Waals surface area contributed by atoms with Crippen molar-refractivity contribution in [3.8, 4) is 0 Å². The van der Waals surface area contributed by atoms with Gasteiger partial charge in [-0.05, 0) is 12.8 Å². The highest BCUT2D eigenvalue weighted by Crippen LogP contribution is 2.36. The minimum atomic E-state index is -4.22. The normalized spacial score (nSPS) is 33.0. The number of alkyl halides is 3. The van der Waals surface area contributed by atoms with E-state index in [2.05, 4.69) is 0 Å². The number of halogens is 3. The summed E-state index contributed by atoms with van der Waals surface area (Å²) in [6.45, 7) is 0. The molecule has 0 radical (unpaired) electrons. The maximum absolute atomic E-state index is 12.2. The Morgan fingerprint density at radius 2 is 1.58 bits per heavy atom. The van der Waals surface area contributed by atoms with Gasteiger partial charge in [0.15, 0.2) is 0 Å². The van der Waals surface area contributed by atoms with Crippen LogP contribution in [0.2, 0.25) is 0 Å². The lowest BCUT2D eigenvalue weighted by Crippen LogP contribution is -2.33. The summed E-state index contributed by atoms with van der Waals surface area (Å²) in [4.78, 5) is 0. The van der Waals surface area contributed by atoms with Crippen LogP contribution in [0.15, 0.2) is 0 Å². The molecule has 1 nitrogen and oxygen atoms in total. The van der Waals surface area contributed by atoms with Gasteiger partial charge in [0.1, 0.15) is 0 Å². The van der Waals surface area contributed by atoms with Crippen LogP contribution in [-0.2, 0) is 0 Å². The zero-order valence-electron chi connectivity index (χ0n) is 6.77. The van der Waals surface area contributed by atoms with E-state index in [1.165, 1.54) is 0 Å². The van der Waals surface area contributed by atoms with Crippen molar-refractivity contribution in [3.63, 3.8) is 0 Å². The molecule has 1 fully saturated rings. The van der Waals surface area contributed by atoms with E-state index in [0.29, 0.717) is 19.3 Å². The molecule has 0 heterocycles. The monoisotopic (exact) mass is 182 g/mol. The van der Waals surface area contributed by atoms with Crippen LogP contribution in [0.1, 0.15) is 32.1 Å². The van der Waals surface area contributed by atoms with Gasteiger partial charge in [-0.2, -0.15) is 13.2 Å². The van der Waals surface area contributed by atoms with Gasteiger partial charge in [-0.1, -0.05) is 19.3 Å². The van der Waals surface area contributed by atoms with Gasteiger partial charge in [0.25, 0.3) is 0 Å². The Labute approximate surface area is 69.6 Å². The average Bonchev–Trinajstić information content (AvgIpc) is 2.11. The quantitative estimate of drug-likeness (QED) is 0.570. The van der Waals surface area contributed by atoms with Crippen LogP contribution in [0.5, 0.6) is 0 Å². The molecule has 72 valence electrons. The molecule has 0 bridgehead atoms. The Balaban J connectivity index is 2.59. The Morgan fingerprint density at radius 1 is 1.00 bits per heavy atom. The number of hydrogen-bond acceptors (Lipinski definition) is 1. The molecule has 1 rings (SSSR count). The second kappa shape index (κ2) is 3.64. The van der Waals surface area contributed by atoms with Crippen molar-refractivity contribution in [2.24, 2.45) is 5.92 Å². The first kappa shape index (κ1) is 9.84. The van der Waals surface area contributed by atoms with Gasteiger partial charge in [0.2, 0.25) is 0 Å². The lowest BCUT2D eigenvalue weighted by Gasteiger charge is -2.22. The lowest BCUT2D eigenvalue weighted by molar-refractivity contribution is -0.200. The minimum Gasteiger partial charge on any atom is -0.392 e. The van der Waals surface area contributed by atoms with Gasteiger partial charge in [-0.3, -0.25) is 0 Å². The van der Waals surface area contributed by atoms with E-state index in [9.17, 15) is 13.2 Å².